The fourth-order valence-electron chi connectivity index (χ4n) is 4.12. The van der Waals surface area contributed by atoms with Crippen LogP contribution in [0.15, 0.2) is 71.2 Å². The number of esters is 2. The Morgan fingerprint density at radius 3 is 2.43 bits per heavy atom. The van der Waals surface area contributed by atoms with Crippen molar-refractivity contribution in [1.82, 2.24) is 0 Å². The van der Waals surface area contributed by atoms with Crippen LogP contribution in [0.1, 0.15) is 18.4 Å². The van der Waals surface area contributed by atoms with E-state index in [1.54, 1.807) is 49.4 Å². The molecule has 0 aliphatic carbocycles. The molecule has 2 aliphatic heterocycles. The topological polar surface area (TPSA) is 144 Å². The molecule has 10 heteroatoms. The van der Waals surface area contributed by atoms with Gasteiger partial charge in [0.2, 0.25) is 0 Å². The molecule has 4 rings (SSSR count). The molecule has 2 heterocycles. The van der Waals surface area contributed by atoms with Crippen molar-refractivity contribution in [2.24, 2.45) is 5.73 Å². The lowest BCUT2D eigenvalue weighted by Crippen LogP contribution is -2.41. The number of fused-ring (bicyclic) bond motifs is 1. The number of amides is 1. The molecule has 2 aromatic rings. The van der Waals surface area contributed by atoms with E-state index in [1.165, 1.54) is 25.2 Å². The van der Waals surface area contributed by atoms with Crippen molar-refractivity contribution in [2.45, 2.75) is 18.9 Å². The van der Waals surface area contributed by atoms with E-state index < -0.39 is 24.0 Å². The van der Waals surface area contributed by atoms with Crippen molar-refractivity contribution in [3.63, 3.8) is 0 Å². The average Bonchev–Trinajstić information content (AvgIpc) is 2.88. The Labute approximate surface area is 201 Å². The van der Waals surface area contributed by atoms with Crippen LogP contribution in [-0.2, 0) is 23.9 Å². The predicted octanol–water partition coefficient (Wildman–Crippen LogP) is 2.30. The van der Waals surface area contributed by atoms with Crippen molar-refractivity contribution >= 4 is 29.2 Å². The van der Waals surface area contributed by atoms with Crippen LogP contribution in [0.2, 0.25) is 0 Å². The Kier molecular flexibility index (Phi) is 6.16. The minimum atomic E-state index is -0.972. The largest absolute Gasteiger partial charge is 0.479 e. The zero-order valence-corrected chi connectivity index (χ0v) is 19.2. The zero-order valence-electron chi connectivity index (χ0n) is 19.2. The van der Waals surface area contributed by atoms with Gasteiger partial charge in [0.1, 0.15) is 17.3 Å². The molecule has 35 heavy (non-hydrogen) atoms. The number of allylic oxidation sites excluding steroid dienone is 1. The summed E-state index contributed by atoms with van der Waals surface area (Å²) in [5.74, 6) is -2.67. The second kappa shape index (κ2) is 9.23. The Bertz CT molecular complexity index is 1330. The molecule has 2 atom stereocenters. The standard InChI is InChI=1S/C25H22N4O6/c1-13-23(30)28-17-11-15(9-10-18(17)35-13)29-21(25(32)34-3)20(24(31)33-2)19(16(12-26)22(29)27)14-7-5-4-6-8-14/h4-11,13,19H,27H2,1-3H3,(H,28,30). The van der Waals surface area contributed by atoms with Gasteiger partial charge < -0.3 is 25.3 Å². The third-order valence-electron chi connectivity index (χ3n) is 5.76. The number of anilines is 2. The first-order chi connectivity index (χ1) is 16.8. The third kappa shape index (κ3) is 3.93. The van der Waals surface area contributed by atoms with Crippen LogP contribution >= 0.6 is 0 Å². The lowest BCUT2D eigenvalue weighted by Gasteiger charge is -2.36. The van der Waals surface area contributed by atoms with Gasteiger partial charge in [0.05, 0.1) is 48.7 Å². The van der Waals surface area contributed by atoms with E-state index in [0.29, 0.717) is 22.7 Å². The number of nitrogens with one attached hydrogen (secondary N) is 1. The maximum absolute atomic E-state index is 13.1. The van der Waals surface area contributed by atoms with E-state index in [2.05, 4.69) is 11.4 Å². The Balaban J connectivity index is 2.00. The number of carbonyl (C=O) groups excluding carboxylic acids is 3. The number of hydrogen-bond acceptors (Lipinski definition) is 9. The van der Waals surface area contributed by atoms with Gasteiger partial charge in [-0.15, -0.1) is 0 Å². The first-order valence-electron chi connectivity index (χ1n) is 10.6. The van der Waals surface area contributed by atoms with Crippen LogP contribution in [0.25, 0.3) is 0 Å². The van der Waals surface area contributed by atoms with E-state index in [1.807, 2.05) is 0 Å². The lowest BCUT2D eigenvalue weighted by atomic mass is 9.81. The van der Waals surface area contributed by atoms with Crippen molar-refractivity contribution in [1.29, 1.82) is 5.26 Å². The number of ether oxygens (including phenoxy) is 3. The second-order valence-corrected chi connectivity index (χ2v) is 7.77. The zero-order chi connectivity index (χ0) is 25.3. The van der Waals surface area contributed by atoms with Crippen molar-refractivity contribution in [3.05, 3.63) is 76.8 Å². The monoisotopic (exact) mass is 474 g/mol. The number of carbonyl (C=O) groups is 3. The molecule has 0 fully saturated rings. The second-order valence-electron chi connectivity index (χ2n) is 7.77. The molecule has 1 amide bonds. The number of benzene rings is 2. The summed E-state index contributed by atoms with van der Waals surface area (Å²) in [6, 6.07) is 15.5. The maximum Gasteiger partial charge on any atom is 0.355 e. The van der Waals surface area contributed by atoms with Gasteiger partial charge in [0.15, 0.2) is 6.10 Å². The number of nitriles is 1. The Morgan fingerprint density at radius 2 is 1.80 bits per heavy atom. The van der Waals surface area contributed by atoms with Gasteiger partial charge in [0, 0.05) is 0 Å². The molecule has 10 nitrogen and oxygen atoms in total. The molecule has 2 unspecified atom stereocenters. The normalized spacial score (nSPS) is 19.3. The fraction of sp³-hybridized carbons (Fsp3) is 0.200. The van der Waals surface area contributed by atoms with E-state index in [-0.39, 0.29) is 28.6 Å². The molecule has 0 bridgehead atoms. The summed E-state index contributed by atoms with van der Waals surface area (Å²) in [5.41, 5.74) is 7.39. The number of rotatable bonds is 4. The van der Waals surface area contributed by atoms with Crippen molar-refractivity contribution in [3.8, 4) is 11.8 Å². The summed E-state index contributed by atoms with van der Waals surface area (Å²) in [4.78, 5) is 39.6. The van der Waals surface area contributed by atoms with Crippen molar-refractivity contribution in [2.75, 3.05) is 24.4 Å². The molecular weight excluding hydrogens is 452 g/mol. The minimum Gasteiger partial charge on any atom is -0.479 e. The summed E-state index contributed by atoms with van der Waals surface area (Å²) < 4.78 is 15.6. The Hall–Kier alpha value is -4.78. The van der Waals surface area contributed by atoms with Gasteiger partial charge >= 0.3 is 11.9 Å². The quantitative estimate of drug-likeness (QED) is 0.638. The van der Waals surface area contributed by atoms with Crippen LogP contribution < -0.4 is 20.7 Å². The first-order valence-corrected chi connectivity index (χ1v) is 10.6. The lowest BCUT2D eigenvalue weighted by molar-refractivity contribution is -0.139. The first kappa shape index (κ1) is 23.4. The van der Waals surface area contributed by atoms with Crippen LogP contribution in [-0.4, -0.2) is 38.2 Å². The highest BCUT2D eigenvalue weighted by Crippen LogP contribution is 2.44. The highest BCUT2D eigenvalue weighted by atomic mass is 16.5. The fourth-order valence-corrected chi connectivity index (χ4v) is 4.12. The van der Waals surface area contributed by atoms with E-state index >= 15 is 0 Å². The predicted molar refractivity (Wildman–Crippen MR) is 125 cm³/mol. The van der Waals surface area contributed by atoms with Crippen LogP contribution in [0.3, 0.4) is 0 Å². The number of nitrogens with two attached hydrogens (primary N) is 1. The van der Waals surface area contributed by atoms with Gasteiger partial charge in [-0.2, -0.15) is 5.26 Å². The highest BCUT2D eigenvalue weighted by Gasteiger charge is 2.43. The molecular formula is C25H22N4O6. The summed E-state index contributed by atoms with van der Waals surface area (Å²) in [7, 11) is 2.35. The molecule has 178 valence electrons. The van der Waals surface area contributed by atoms with Crippen LogP contribution in [0.5, 0.6) is 5.75 Å². The van der Waals surface area contributed by atoms with Gasteiger partial charge in [-0.1, -0.05) is 30.3 Å². The molecule has 0 aromatic heterocycles. The average molecular weight is 474 g/mol. The SMILES string of the molecule is COC(=O)C1=C(C(=O)OC)N(c2ccc3c(c2)NC(=O)C(C)O3)C(N)=C(C#N)C1c1ccccc1. The molecule has 0 spiro atoms. The van der Waals surface area contributed by atoms with Crippen LogP contribution in [0.4, 0.5) is 11.4 Å². The molecule has 3 N–H and O–H groups in total. The van der Waals surface area contributed by atoms with Crippen molar-refractivity contribution < 1.29 is 28.6 Å². The number of nitrogens with zero attached hydrogens (tertiary/aromatic N) is 2. The van der Waals surface area contributed by atoms with E-state index in [9.17, 15) is 19.6 Å². The number of methoxy groups -OCH3 is 2. The van der Waals surface area contributed by atoms with Gasteiger partial charge in [-0.3, -0.25) is 9.69 Å². The van der Waals surface area contributed by atoms with Gasteiger partial charge in [0.25, 0.3) is 5.91 Å². The molecule has 0 radical (unpaired) electrons. The molecule has 0 saturated carbocycles. The number of hydrogen-bond donors (Lipinski definition) is 2. The van der Waals surface area contributed by atoms with E-state index in [0.717, 1.165) is 0 Å². The third-order valence-corrected chi connectivity index (χ3v) is 5.76. The maximum atomic E-state index is 13.1. The van der Waals surface area contributed by atoms with Gasteiger partial charge in [-0.25, -0.2) is 9.59 Å². The minimum absolute atomic E-state index is 0.0379. The summed E-state index contributed by atoms with van der Waals surface area (Å²) in [6.45, 7) is 1.61. The smallest absolute Gasteiger partial charge is 0.355 e. The highest BCUT2D eigenvalue weighted by molar-refractivity contribution is 6.07. The van der Waals surface area contributed by atoms with Crippen LogP contribution in [0, 0.1) is 11.3 Å². The summed E-state index contributed by atoms with van der Waals surface area (Å²) in [5, 5.41) is 12.8. The molecule has 2 aromatic carbocycles. The summed E-state index contributed by atoms with van der Waals surface area (Å²) in [6.07, 6.45) is -0.679. The molecule has 0 saturated heterocycles. The summed E-state index contributed by atoms with van der Waals surface area (Å²) >= 11 is 0. The Morgan fingerprint density at radius 1 is 1.11 bits per heavy atom. The van der Waals surface area contributed by atoms with Gasteiger partial charge in [-0.05, 0) is 30.7 Å². The van der Waals surface area contributed by atoms with E-state index in [4.69, 9.17) is 19.9 Å². The molecule has 2 aliphatic rings.